The Hall–Kier alpha value is -1.13. The van der Waals surface area contributed by atoms with Gasteiger partial charge in [0.05, 0.1) is 11.7 Å². The first kappa shape index (κ1) is 11.4. The molecular weight excluding hydrogens is 266 g/mol. The second-order valence-electron chi connectivity index (χ2n) is 3.66. The number of halogens is 1. The summed E-state index contributed by atoms with van der Waals surface area (Å²) in [6.45, 7) is 0. The summed E-state index contributed by atoms with van der Waals surface area (Å²) < 4.78 is 2.98. The molecule has 84 valence electrons. The average Bonchev–Trinajstić information content (AvgIpc) is 2.67. The van der Waals surface area contributed by atoms with Crippen molar-refractivity contribution in [2.24, 2.45) is 7.05 Å². The van der Waals surface area contributed by atoms with Gasteiger partial charge in [0.15, 0.2) is 0 Å². The van der Waals surface area contributed by atoms with Crippen molar-refractivity contribution in [2.45, 2.75) is 6.04 Å². The SMILES string of the molecule is CNC(c1cccc(Br)c1)c1ccnn1C. The molecule has 1 atom stereocenters. The van der Waals surface area contributed by atoms with Crippen molar-refractivity contribution in [2.75, 3.05) is 7.05 Å². The topological polar surface area (TPSA) is 29.9 Å². The molecule has 0 saturated carbocycles. The molecule has 3 nitrogen and oxygen atoms in total. The third-order valence-corrected chi connectivity index (χ3v) is 3.12. The molecular formula is C12H14BrN3. The summed E-state index contributed by atoms with van der Waals surface area (Å²) in [5, 5.41) is 7.51. The standard InChI is InChI=1S/C12H14BrN3/c1-14-12(11-6-7-15-16(11)2)9-4-3-5-10(13)8-9/h3-8,12,14H,1-2H3. The molecule has 0 aliphatic carbocycles. The quantitative estimate of drug-likeness (QED) is 0.936. The van der Waals surface area contributed by atoms with Gasteiger partial charge in [-0.15, -0.1) is 0 Å². The number of aromatic nitrogens is 2. The molecule has 2 rings (SSSR count). The van der Waals surface area contributed by atoms with E-state index in [9.17, 15) is 0 Å². The molecule has 0 spiro atoms. The molecule has 1 N–H and O–H groups in total. The molecule has 0 saturated heterocycles. The monoisotopic (exact) mass is 279 g/mol. The lowest BCUT2D eigenvalue weighted by Gasteiger charge is -2.17. The summed E-state index contributed by atoms with van der Waals surface area (Å²) in [4.78, 5) is 0. The van der Waals surface area contributed by atoms with Crippen LogP contribution in [0.5, 0.6) is 0 Å². The van der Waals surface area contributed by atoms with Gasteiger partial charge < -0.3 is 5.32 Å². The van der Waals surface area contributed by atoms with E-state index in [0.717, 1.165) is 10.2 Å². The highest BCUT2D eigenvalue weighted by Gasteiger charge is 2.14. The van der Waals surface area contributed by atoms with Gasteiger partial charge in [-0.1, -0.05) is 28.1 Å². The Morgan fingerprint density at radius 1 is 1.38 bits per heavy atom. The highest BCUT2D eigenvalue weighted by Crippen LogP contribution is 2.23. The van der Waals surface area contributed by atoms with Crippen LogP contribution < -0.4 is 5.32 Å². The van der Waals surface area contributed by atoms with Crippen molar-refractivity contribution >= 4 is 15.9 Å². The number of nitrogens with one attached hydrogen (secondary N) is 1. The van der Waals surface area contributed by atoms with Crippen LogP contribution >= 0.6 is 15.9 Å². The number of hydrogen-bond donors (Lipinski definition) is 1. The maximum Gasteiger partial charge on any atom is 0.0746 e. The van der Waals surface area contributed by atoms with Gasteiger partial charge in [-0.3, -0.25) is 4.68 Å². The van der Waals surface area contributed by atoms with E-state index in [4.69, 9.17) is 0 Å². The molecule has 1 heterocycles. The zero-order valence-electron chi connectivity index (χ0n) is 9.31. The number of aryl methyl sites for hydroxylation is 1. The van der Waals surface area contributed by atoms with E-state index in [1.54, 1.807) is 0 Å². The predicted molar refractivity (Wildman–Crippen MR) is 68.3 cm³/mol. The van der Waals surface area contributed by atoms with Crippen molar-refractivity contribution < 1.29 is 0 Å². The number of hydrogen-bond acceptors (Lipinski definition) is 2. The van der Waals surface area contributed by atoms with Gasteiger partial charge in [0.2, 0.25) is 0 Å². The first-order valence-electron chi connectivity index (χ1n) is 5.13. The van der Waals surface area contributed by atoms with E-state index in [0.29, 0.717) is 0 Å². The van der Waals surface area contributed by atoms with Gasteiger partial charge in [0, 0.05) is 17.7 Å². The highest BCUT2D eigenvalue weighted by atomic mass is 79.9. The Morgan fingerprint density at radius 3 is 2.75 bits per heavy atom. The van der Waals surface area contributed by atoms with E-state index in [1.807, 2.05) is 43.2 Å². The fourth-order valence-electron chi connectivity index (χ4n) is 1.84. The van der Waals surface area contributed by atoms with Crippen molar-refractivity contribution in [1.29, 1.82) is 0 Å². The van der Waals surface area contributed by atoms with E-state index in [1.165, 1.54) is 5.56 Å². The van der Waals surface area contributed by atoms with Crippen LogP contribution in [0.2, 0.25) is 0 Å². The van der Waals surface area contributed by atoms with Crippen LogP contribution in [-0.2, 0) is 7.05 Å². The summed E-state index contributed by atoms with van der Waals surface area (Å²) in [5.41, 5.74) is 2.38. The molecule has 0 bridgehead atoms. The smallest absolute Gasteiger partial charge is 0.0746 e. The van der Waals surface area contributed by atoms with Gasteiger partial charge in [-0.05, 0) is 30.8 Å². The van der Waals surface area contributed by atoms with Crippen LogP contribution in [0.3, 0.4) is 0 Å². The predicted octanol–water partition coefficient (Wildman–Crippen LogP) is 2.49. The normalized spacial score (nSPS) is 12.7. The first-order valence-corrected chi connectivity index (χ1v) is 5.92. The molecule has 1 aromatic heterocycles. The molecule has 1 unspecified atom stereocenters. The van der Waals surface area contributed by atoms with Crippen LogP contribution in [0.1, 0.15) is 17.3 Å². The lowest BCUT2D eigenvalue weighted by atomic mass is 10.0. The number of benzene rings is 1. The van der Waals surface area contributed by atoms with Gasteiger partial charge in [0.25, 0.3) is 0 Å². The summed E-state index contributed by atoms with van der Waals surface area (Å²) >= 11 is 3.49. The molecule has 0 aliphatic rings. The Morgan fingerprint density at radius 2 is 2.19 bits per heavy atom. The maximum atomic E-state index is 4.20. The maximum absolute atomic E-state index is 4.20. The second kappa shape index (κ2) is 4.80. The molecule has 0 radical (unpaired) electrons. The van der Waals surface area contributed by atoms with Crippen LogP contribution in [0, 0.1) is 0 Å². The minimum Gasteiger partial charge on any atom is -0.308 e. The summed E-state index contributed by atoms with van der Waals surface area (Å²) in [6, 6.07) is 10.5. The van der Waals surface area contributed by atoms with E-state index < -0.39 is 0 Å². The van der Waals surface area contributed by atoms with Crippen LogP contribution in [0.15, 0.2) is 41.0 Å². The van der Waals surface area contributed by atoms with Crippen LogP contribution in [0.4, 0.5) is 0 Å². The molecule has 1 aromatic carbocycles. The Balaban J connectivity index is 2.40. The van der Waals surface area contributed by atoms with Crippen molar-refractivity contribution in [3.8, 4) is 0 Å². The van der Waals surface area contributed by atoms with E-state index in [2.05, 4.69) is 38.5 Å². The lowest BCUT2D eigenvalue weighted by molar-refractivity contribution is 0.606. The zero-order chi connectivity index (χ0) is 11.5. The van der Waals surface area contributed by atoms with E-state index in [-0.39, 0.29) is 6.04 Å². The van der Waals surface area contributed by atoms with Gasteiger partial charge in [-0.2, -0.15) is 5.10 Å². The minimum atomic E-state index is 0.171. The lowest BCUT2D eigenvalue weighted by Crippen LogP contribution is -2.20. The third kappa shape index (κ3) is 2.18. The van der Waals surface area contributed by atoms with Gasteiger partial charge >= 0.3 is 0 Å². The Bertz CT molecular complexity index is 479. The highest BCUT2D eigenvalue weighted by molar-refractivity contribution is 9.10. The van der Waals surface area contributed by atoms with Gasteiger partial charge in [-0.25, -0.2) is 0 Å². The number of rotatable bonds is 3. The Kier molecular flexibility index (Phi) is 3.41. The third-order valence-electron chi connectivity index (χ3n) is 2.63. The molecule has 16 heavy (non-hydrogen) atoms. The zero-order valence-corrected chi connectivity index (χ0v) is 10.9. The summed E-state index contributed by atoms with van der Waals surface area (Å²) in [5.74, 6) is 0. The van der Waals surface area contributed by atoms with Crippen LogP contribution in [-0.4, -0.2) is 16.8 Å². The fourth-order valence-corrected chi connectivity index (χ4v) is 2.26. The van der Waals surface area contributed by atoms with Crippen LogP contribution in [0.25, 0.3) is 0 Å². The van der Waals surface area contributed by atoms with Crippen molar-refractivity contribution in [1.82, 2.24) is 15.1 Å². The average molecular weight is 280 g/mol. The van der Waals surface area contributed by atoms with Crippen molar-refractivity contribution in [3.63, 3.8) is 0 Å². The van der Waals surface area contributed by atoms with E-state index >= 15 is 0 Å². The molecule has 2 aromatic rings. The van der Waals surface area contributed by atoms with Gasteiger partial charge in [0.1, 0.15) is 0 Å². The molecule has 4 heteroatoms. The molecule has 0 fully saturated rings. The minimum absolute atomic E-state index is 0.171. The summed E-state index contributed by atoms with van der Waals surface area (Å²) in [7, 11) is 3.91. The fraction of sp³-hybridized carbons (Fsp3) is 0.250. The number of nitrogens with zero attached hydrogens (tertiary/aromatic N) is 2. The summed E-state index contributed by atoms with van der Waals surface area (Å²) in [6.07, 6.45) is 1.82. The molecule has 0 aliphatic heterocycles. The van der Waals surface area contributed by atoms with Crippen molar-refractivity contribution in [3.05, 3.63) is 52.3 Å². The Labute approximate surface area is 104 Å². The first-order chi connectivity index (χ1) is 7.72. The second-order valence-corrected chi connectivity index (χ2v) is 4.57. The largest absolute Gasteiger partial charge is 0.308 e. The molecule has 0 amide bonds.